The van der Waals surface area contributed by atoms with E-state index in [1.165, 1.54) is 53.4 Å². The molecular weight excluding hydrogens is 674 g/mol. The maximum atomic E-state index is 13.6. The molecule has 0 spiro atoms. The number of rotatable bonds is 13. The van der Waals surface area contributed by atoms with E-state index in [4.69, 9.17) is 4.74 Å². The third-order valence-corrected chi connectivity index (χ3v) is 9.59. The Bertz CT molecular complexity index is 2000. The summed E-state index contributed by atoms with van der Waals surface area (Å²) in [6.45, 7) is 3.81. The molecule has 11 heteroatoms. The van der Waals surface area contributed by atoms with Crippen molar-refractivity contribution in [2.45, 2.75) is 30.4 Å². The van der Waals surface area contributed by atoms with Gasteiger partial charge in [-0.15, -0.1) is 23.1 Å². The predicted molar refractivity (Wildman–Crippen MR) is 198 cm³/mol. The number of benzene rings is 4. The topological polar surface area (TPSA) is 114 Å². The standard InChI is InChI=1S/C39H34FN3O5S2/c1-3-33(37(46)43-38-34(39(47)48-4-2)31(24-49-38)26-12-7-5-8-13-26)50-30-17-11-16-29(23-30)41-36(45)32(22-25-18-20-28(40)21-19-25)42-35(44)27-14-9-6-10-15-27/h5-24,33H,3-4H2,1-2H3,(H,41,45)(H,42,44)(H,43,46)/b32-22+. The summed E-state index contributed by atoms with van der Waals surface area (Å²) in [6, 6.07) is 30.4. The molecule has 1 atom stereocenters. The number of carbonyl (C=O) groups excluding carboxylic acids is 4. The number of esters is 1. The van der Waals surface area contributed by atoms with Gasteiger partial charge in [0.1, 0.15) is 22.1 Å². The molecule has 1 heterocycles. The Labute approximate surface area is 297 Å². The first kappa shape index (κ1) is 35.8. The number of amides is 3. The number of nitrogens with one attached hydrogen (secondary N) is 3. The van der Waals surface area contributed by atoms with Gasteiger partial charge in [-0.3, -0.25) is 14.4 Å². The predicted octanol–water partition coefficient (Wildman–Crippen LogP) is 8.65. The monoisotopic (exact) mass is 707 g/mol. The Morgan fingerprint density at radius 3 is 2.24 bits per heavy atom. The number of ether oxygens (including phenoxy) is 1. The molecule has 4 aromatic carbocycles. The minimum atomic E-state index is -0.594. The van der Waals surface area contributed by atoms with Crippen LogP contribution in [0.5, 0.6) is 0 Å². The van der Waals surface area contributed by atoms with Crippen molar-refractivity contribution in [3.05, 3.63) is 143 Å². The van der Waals surface area contributed by atoms with Gasteiger partial charge in [0.25, 0.3) is 11.8 Å². The average Bonchev–Trinajstić information content (AvgIpc) is 3.55. The molecule has 0 aliphatic carbocycles. The molecule has 0 saturated heterocycles. The lowest BCUT2D eigenvalue weighted by molar-refractivity contribution is -0.116. The molecule has 5 rings (SSSR count). The molecule has 3 N–H and O–H groups in total. The second-order valence-electron chi connectivity index (χ2n) is 10.9. The maximum Gasteiger partial charge on any atom is 0.341 e. The third-order valence-electron chi connectivity index (χ3n) is 7.34. The van der Waals surface area contributed by atoms with E-state index >= 15 is 0 Å². The van der Waals surface area contributed by atoms with Crippen LogP contribution in [0.25, 0.3) is 17.2 Å². The number of hydrogen-bond donors (Lipinski definition) is 3. The van der Waals surface area contributed by atoms with Crippen molar-refractivity contribution in [3.63, 3.8) is 0 Å². The van der Waals surface area contributed by atoms with Crippen LogP contribution in [-0.4, -0.2) is 35.5 Å². The van der Waals surface area contributed by atoms with Crippen LogP contribution in [0, 0.1) is 5.82 Å². The third kappa shape index (κ3) is 9.34. The van der Waals surface area contributed by atoms with Gasteiger partial charge < -0.3 is 20.7 Å². The first-order valence-corrected chi connectivity index (χ1v) is 17.6. The number of anilines is 2. The molecule has 3 amide bonds. The van der Waals surface area contributed by atoms with Gasteiger partial charge in [-0.2, -0.15) is 0 Å². The fraction of sp³-hybridized carbons (Fsp3) is 0.128. The first-order chi connectivity index (χ1) is 24.2. The van der Waals surface area contributed by atoms with Crippen LogP contribution in [-0.2, 0) is 14.3 Å². The van der Waals surface area contributed by atoms with E-state index in [2.05, 4.69) is 16.0 Å². The highest BCUT2D eigenvalue weighted by Crippen LogP contribution is 2.37. The summed E-state index contributed by atoms with van der Waals surface area (Å²) in [6.07, 6.45) is 1.94. The molecule has 0 fully saturated rings. The number of hydrogen-bond acceptors (Lipinski definition) is 7. The Morgan fingerprint density at radius 1 is 0.860 bits per heavy atom. The summed E-state index contributed by atoms with van der Waals surface area (Å²) in [5.41, 5.74) is 3.09. The Balaban J connectivity index is 1.32. The van der Waals surface area contributed by atoms with E-state index in [1.807, 2.05) is 48.7 Å². The largest absolute Gasteiger partial charge is 0.462 e. The van der Waals surface area contributed by atoms with Crippen molar-refractivity contribution in [2.24, 2.45) is 0 Å². The molecule has 1 unspecified atom stereocenters. The zero-order valence-electron chi connectivity index (χ0n) is 27.3. The summed E-state index contributed by atoms with van der Waals surface area (Å²) in [5.74, 6) is -2.31. The summed E-state index contributed by atoms with van der Waals surface area (Å²) >= 11 is 2.57. The van der Waals surface area contributed by atoms with E-state index in [9.17, 15) is 23.6 Å². The van der Waals surface area contributed by atoms with E-state index < -0.39 is 28.9 Å². The van der Waals surface area contributed by atoms with Crippen LogP contribution < -0.4 is 16.0 Å². The van der Waals surface area contributed by atoms with E-state index in [-0.39, 0.29) is 18.2 Å². The van der Waals surface area contributed by atoms with Gasteiger partial charge in [-0.05, 0) is 73.0 Å². The van der Waals surface area contributed by atoms with E-state index in [1.54, 1.807) is 55.5 Å². The molecule has 1 aromatic heterocycles. The van der Waals surface area contributed by atoms with E-state index in [0.29, 0.717) is 44.3 Å². The zero-order chi connectivity index (χ0) is 35.5. The summed E-state index contributed by atoms with van der Waals surface area (Å²) in [5, 5.41) is 10.1. The molecule has 254 valence electrons. The SMILES string of the molecule is CCOC(=O)c1c(-c2ccccc2)csc1NC(=O)C(CC)Sc1cccc(NC(=O)/C(=C\c2ccc(F)cc2)NC(=O)c2ccccc2)c1. The molecular formula is C39H34FN3O5S2. The molecule has 0 saturated carbocycles. The number of thiophene rings is 1. The second kappa shape index (κ2) is 17.2. The Hall–Kier alpha value is -5.52. The summed E-state index contributed by atoms with van der Waals surface area (Å²) in [7, 11) is 0. The first-order valence-electron chi connectivity index (χ1n) is 15.8. The van der Waals surface area contributed by atoms with Gasteiger partial charge in [-0.25, -0.2) is 9.18 Å². The van der Waals surface area contributed by atoms with E-state index in [0.717, 1.165) is 5.56 Å². The average molecular weight is 708 g/mol. The maximum absolute atomic E-state index is 13.6. The van der Waals surface area contributed by atoms with Crippen LogP contribution >= 0.6 is 23.1 Å². The van der Waals surface area contributed by atoms with Gasteiger partial charge in [0.05, 0.1) is 11.9 Å². The highest BCUT2D eigenvalue weighted by Gasteiger charge is 2.26. The number of halogens is 1. The highest BCUT2D eigenvalue weighted by molar-refractivity contribution is 8.00. The van der Waals surface area contributed by atoms with Crippen LogP contribution in [0.2, 0.25) is 0 Å². The van der Waals surface area contributed by atoms with Crippen molar-refractivity contribution in [2.75, 3.05) is 17.2 Å². The summed E-state index contributed by atoms with van der Waals surface area (Å²) < 4.78 is 18.9. The number of thioether (sulfide) groups is 1. The number of carbonyl (C=O) groups is 4. The Morgan fingerprint density at radius 2 is 1.56 bits per heavy atom. The van der Waals surface area contributed by atoms with Crippen LogP contribution in [0.3, 0.4) is 0 Å². The molecule has 0 aliphatic heterocycles. The van der Waals surface area contributed by atoms with Crippen molar-refractivity contribution in [1.82, 2.24) is 5.32 Å². The molecule has 0 bridgehead atoms. The van der Waals surface area contributed by atoms with Gasteiger partial charge in [0.15, 0.2) is 0 Å². The lowest BCUT2D eigenvalue weighted by atomic mass is 10.0. The second-order valence-corrected chi connectivity index (χ2v) is 13.0. The van der Waals surface area contributed by atoms with Gasteiger partial charge in [-0.1, -0.05) is 73.7 Å². The molecule has 8 nitrogen and oxygen atoms in total. The van der Waals surface area contributed by atoms with Gasteiger partial charge in [0.2, 0.25) is 5.91 Å². The molecule has 50 heavy (non-hydrogen) atoms. The van der Waals surface area contributed by atoms with Crippen LogP contribution in [0.4, 0.5) is 15.1 Å². The van der Waals surface area contributed by atoms with Crippen LogP contribution in [0.1, 0.15) is 46.5 Å². The normalized spacial score (nSPS) is 11.7. The van der Waals surface area contributed by atoms with Crippen molar-refractivity contribution in [1.29, 1.82) is 0 Å². The summed E-state index contributed by atoms with van der Waals surface area (Å²) in [4.78, 5) is 53.8. The van der Waals surface area contributed by atoms with Crippen molar-refractivity contribution >= 4 is 63.6 Å². The fourth-order valence-electron chi connectivity index (χ4n) is 4.88. The minimum absolute atomic E-state index is 0.0439. The lowest BCUT2D eigenvalue weighted by Gasteiger charge is -2.16. The smallest absolute Gasteiger partial charge is 0.341 e. The fourth-order valence-corrected chi connectivity index (χ4v) is 6.85. The van der Waals surface area contributed by atoms with Gasteiger partial charge >= 0.3 is 5.97 Å². The Kier molecular flexibility index (Phi) is 12.3. The van der Waals surface area contributed by atoms with Crippen molar-refractivity contribution < 1.29 is 28.3 Å². The molecule has 5 aromatic rings. The lowest BCUT2D eigenvalue weighted by Crippen LogP contribution is -2.30. The highest BCUT2D eigenvalue weighted by atomic mass is 32.2. The van der Waals surface area contributed by atoms with Crippen molar-refractivity contribution in [3.8, 4) is 11.1 Å². The van der Waals surface area contributed by atoms with Gasteiger partial charge in [0, 0.05) is 27.1 Å². The molecule has 0 aliphatic rings. The minimum Gasteiger partial charge on any atom is -0.462 e. The van der Waals surface area contributed by atoms with Crippen LogP contribution in [0.15, 0.2) is 125 Å². The molecule has 0 radical (unpaired) electrons. The zero-order valence-corrected chi connectivity index (χ0v) is 28.9. The quantitative estimate of drug-likeness (QED) is 0.0642.